The first-order valence-electron chi connectivity index (χ1n) is 5.53. The van der Waals surface area contributed by atoms with Gasteiger partial charge in [0.05, 0.1) is 12.1 Å². The van der Waals surface area contributed by atoms with Crippen molar-refractivity contribution in [1.82, 2.24) is 5.16 Å². The molecule has 0 aliphatic carbocycles. The van der Waals surface area contributed by atoms with Gasteiger partial charge in [-0.3, -0.25) is 4.79 Å². The molecule has 1 aromatic carbocycles. The molecule has 0 unspecified atom stereocenters. The summed E-state index contributed by atoms with van der Waals surface area (Å²) in [6.45, 7) is 3.65. The molecular weight excluding hydrogens is 252 g/mol. The van der Waals surface area contributed by atoms with Crippen molar-refractivity contribution in [2.75, 3.05) is 5.32 Å². The maximum absolute atomic E-state index is 11.8. The van der Waals surface area contributed by atoms with E-state index in [2.05, 4.69) is 10.5 Å². The lowest BCUT2D eigenvalue weighted by Crippen LogP contribution is -2.15. The SMILES string of the molecule is Cc1cc(CC(=O)Nc2cccc(Cl)c2C)no1. The fourth-order valence-corrected chi connectivity index (χ4v) is 1.78. The fraction of sp³-hybridized carbons (Fsp3) is 0.231. The molecule has 94 valence electrons. The quantitative estimate of drug-likeness (QED) is 0.927. The number of benzene rings is 1. The van der Waals surface area contributed by atoms with Gasteiger partial charge >= 0.3 is 0 Å². The molecule has 18 heavy (non-hydrogen) atoms. The minimum absolute atomic E-state index is 0.145. The summed E-state index contributed by atoms with van der Waals surface area (Å²) in [4.78, 5) is 11.8. The third-order valence-electron chi connectivity index (χ3n) is 2.56. The second kappa shape index (κ2) is 5.23. The minimum Gasteiger partial charge on any atom is -0.361 e. The van der Waals surface area contributed by atoms with E-state index in [1.807, 2.05) is 13.0 Å². The van der Waals surface area contributed by atoms with E-state index in [9.17, 15) is 4.79 Å². The zero-order chi connectivity index (χ0) is 13.1. The molecule has 0 saturated heterocycles. The fourth-order valence-electron chi connectivity index (χ4n) is 1.60. The Bertz CT molecular complexity index is 578. The molecule has 0 saturated carbocycles. The normalized spacial score (nSPS) is 10.4. The topological polar surface area (TPSA) is 55.1 Å². The summed E-state index contributed by atoms with van der Waals surface area (Å²) in [6, 6.07) is 7.14. The van der Waals surface area contributed by atoms with Crippen molar-refractivity contribution in [3.8, 4) is 0 Å². The van der Waals surface area contributed by atoms with Gasteiger partial charge in [0.2, 0.25) is 5.91 Å². The molecule has 1 amide bonds. The van der Waals surface area contributed by atoms with E-state index >= 15 is 0 Å². The molecule has 0 spiro atoms. The van der Waals surface area contributed by atoms with Gasteiger partial charge in [0, 0.05) is 16.8 Å². The molecule has 1 heterocycles. The summed E-state index contributed by atoms with van der Waals surface area (Å²) in [5.41, 5.74) is 2.18. The van der Waals surface area contributed by atoms with E-state index < -0.39 is 0 Å². The number of amides is 1. The first-order chi connectivity index (χ1) is 8.56. The second-order valence-electron chi connectivity index (χ2n) is 4.07. The van der Waals surface area contributed by atoms with Gasteiger partial charge in [-0.05, 0) is 31.5 Å². The summed E-state index contributed by atoms with van der Waals surface area (Å²) < 4.78 is 4.91. The Labute approximate surface area is 110 Å². The Balaban J connectivity index is 2.05. The predicted octanol–water partition coefficient (Wildman–Crippen LogP) is 3.13. The van der Waals surface area contributed by atoms with Gasteiger partial charge in [-0.2, -0.15) is 0 Å². The summed E-state index contributed by atoms with van der Waals surface area (Å²) in [7, 11) is 0. The number of rotatable bonds is 3. The Morgan fingerprint density at radius 2 is 2.22 bits per heavy atom. The lowest BCUT2D eigenvalue weighted by molar-refractivity contribution is -0.115. The average molecular weight is 265 g/mol. The van der Waals surface area contributed by atoms with Crippen LogP contribution in [0.25, 0.3) is 0 Å². The number of nitrogens with one attached hydrogen (secondary N) is 1. The van der Waals surface area contributed by atoms with Crippen molar-refractivity contribution < 1.29 is 9.32 Å². The van der Waals surface area contributed by atoms with Crippen molar-refractivity contribution in [2.45, 2.75) is 20.3 Å². The van der Waals surface area contributed by atoms with Crippen LogP contribution in [0.3, 0.4) is 0 Å². The zero-order valence-corrected chi connectivity index (χ0v) is 10.9. The van der Waals surface area contributed by atoms with Crippen molar-refractivity contribution in [3.05, 3.63) is 46.3 Å². The van der Waals surface area contributed by atoms with Gasteiger partial charge in [0.15, 0.2) is 0 Å². The third kappa shape index (κ3) is 2.90. The molecule has 0 bridgehead atoms. The minimum atomic E-state index is -0.145. The first-order valence-corrected chi connectivity index (χ1v) is 5.91. The van der Waals surface area contributed by atoms with E-state index in [-0.39, 0.29) is 12.3 Å². The molecule has 1 N–H and O–H groups in total. The zero-order valence-electron chi connectivity index (χ0n) is 10.2. The summed E-state index contributed by atoms with van der Waals surface area (Å²) in [6.07, 6.45) is 0.184. The van der Waals surface area contributed by atoms with Crippen LogP contribution in [0.15, 0.2) is 28.8 Å². The van der Waals surface area contributed by atoms with Crippen LogP contribution in [0, 0.1) is 13.8 Å². The lowest BCUT2D eigenvalue weighted by Gasteiger charge is -2.08. The van der Waals surface area contributed by atoms with Crippen LogP contribution in [-0.2, 0) is 11.2 Å². The molecule has 0 aliphatic heterocycles. The molecule has 5 heteroatoms. The van der Waals surface area contributed by atoms with E-state index in [1.165, 1.54) is 0 Å². The largest absolute Gasteiger partial charge is 0.361 e. The number of halogens is 1. The average Bonchev–Trinajstić information content (AvgIpc) is 2.70. The Morgan fingerprint density at radius 1 is 1.44 bits per heavy atom. The van der Waals surface area contributed by atoms with Crippen LogP contribution in [0.1, 0.15) is 17.0 Å². The second-order valence-corrected chi connectivity index (χ2v) is 4.47. The van der Waals surface area contributed by atoms with Gasteiger partial charge in [-0.1, -0.05) is 22.8 Å². The summed E-state index contributed by atoms with van der Waals surface area (Å²) >= 11 is 5.98. The van der Waals surface area contributed by atoms with Crippen LogP contribution >= 0.6 is 11.6 Å². The number of carbonyl (C=O) groups is 1. The molecular formula is C13H13ClN2O2. The lowest BCUT2D eigenvalue weighted by atomic mass is 10.2. The molecule has 2 rings (SSSR count). The van der Waals surface area contributed by atoms with Crippen LogP contribution in [-0.4, -0.2) is 11.1 Å². The van der Waals surface area contributed by atoms with Crippen LogP contribution in [0.4, 0.5) is 5.69 Å². The molecule has 2 aromatic rings. The van der Waals surface area contributed by atoms with Crippen molar-refractivity contribution in [3.63, 3.8) is 0 Å². The van der Waals surface area contributed by atoms with Gasteiger partial charge in [0.25, 0.3) is 0 Å². The summed E-state index contributed by atoms with van der Waals surface area (Å²) in [5, 5.41) is 7.21. The highest BCUT2D eigenvalue weighted by Gasteiger charge is 2.10. The van der Waals surface area contributed by atoms with E-state index in [1.54, 1.807) is 25.1 Å². The number of aromatic nitrogens is 1. The number of anilines is 1. The molecule has 4 nitrogen and oxygen atoms in total. The van der Waals surface area contributed by atoms with Gasteiger partial charge in [0.1, 0.15) is 5.76 Å². The van der Waals surface area contributed by atoms with E-state index in [4.69, 9.17) is 16.1 Å². The van der Waals surface area contributed by atoms with E-state index in [0.29, 0.717) is 22.2 Å². The maximum atomic E-state index is 11.8. The monoisotopic (exact) mass is 264 g/mol. The highest BCUT2D eigenvalue weighted by Crippen LogP contribution is 2.22. The first kappa shape index (κ1) is 12.6. The maximum Gasteiger partial charge on any atom is 0.230 e. The molecule has 0 atom stereocenters. The van der Waals surface area contributed by atoms with Crippen LogP contribution in [0.2, 0.25) is 5.02 Å². The molecule has 0 aliphatic rings. The number of hydrogen-bond donors (Lipinski definition) is 1. The van der Waals surface area contributed by atoms with E-state index in [0.717, 1.165) is 5.56 Å². The Kier molecular flexibility index (Phi) is 3.67. The molecule has 0 radical (unpaired) electrons. The van der Waals surface area contributed by atoms with Crippen LogP contribution in [0.5, 0.6) is 0 Å². The molecule has 0 fully saturated rings. The number of nitrogens with zero attached hydrogens (tertiary/aromatic N) is 1. The van der Waals surface area contributed by atoms with Crippen LogP contribution < -0.4 is 5.32 Å². The smallest absolute Gasteiger partial charge is 0.230 e. The van der Waals surface area contributed by atoms with Crippen molar-refractivity contribution in [1.29, 1.82) is 0 Å². The number of hydrogen-bond acceptors (Lipinski definition) is 3. The molecule has 1 aromatic heterocycles. The number of aryl methyl sites for hydroxylation is 1. The Morgan fingerprint density at radius 3 is 2.89 bits per heavy atom. The third-order valence-corrected chi connectivity index (χ3v) is 2.97. The highest BCUT2D eigenvalue weighted by atomic mass is 35.5. The van der Waals surface area contributed by atoms with Gasteiger partial charge in [-0.15, -0.1) is 0 Å². The highest BCUT2D eigenvalue weighted by molar-refractivity contribution is 6.31. The number of carbonyl (C=O) groups excluding carboxylic acids is 1. The van der Waals surface area contributed by atoms with Crippen molar-refractivity contribution in [2.24, 2.45) is 0 Å². The van der Waals surface area contributed by atoms with Gasteiger partial charge in [-0.25, -0.2) is 0 Å². The van der Waals surface area contributed by atoms with Gasteiger partial charge < -0.3 is 9.84 Å². The predicted molar refractivity (Wildman–Crippen MR) is 69.8 cm³/mol. The Hall–Kier alpha value is -1.81. The summed E-state index contributed by atoms with van der Waals surface area (Å²) in [5.74, 6) is 0.547. The standard InChI is InChI=1S/C13H13ClN2O2/c1-8-6-10(16-18-8)7-13(17)15-12-5-3-4-11(14)9(12)2/h3-6H,7H2,1-2H3,(H,15,17). The van der Waals surface area contributed by atoms with Crippen molar-refractivity contribution >= 4 is 23.2 Å².